The van der Waals surface area contributed by atoms with Crippen LogP contribution >= 0.6 is 0 Å². The summed E-state index contributed by atoms with van der Waals surface area (Å²) in [4.78, 5) is 37.4. The van der Waals surface area contributed by atoms with Crippen molar-refractivity contribution < 1.29 is 14.5 Å². The normalized spacial score (nSPS) is 10.8. The molecule has 0 aliphatic carbocycles. The second kappa shape index (κ2) is 9.00. The smallest absolute Gasteiger partial charge is 0.312 e. The fraction of sp³-hybridized carbons (Fsp3) is 0.333. The van der Waals surface area contributed by atoms with E-state index in [4.69, 9.17) is 0 Å². The molecule has 3 rings (SSSR count). The molecular formula is C21H25N7O4. The number of rotatable bonds is 7. The molecule has 11 nitrogen and oxygen atoms in total. The van der Waals surface area contributed by atoms with Gasteiger partial charge in [0.15, 0.2) is 0 Å². The Hall–Kier alpha value is -4.02. The number of carbonyl (C=O) groups is 2. The van der Waals surface area contributed by atoms with E-state index in [-0.39, 0.29) is 17.5 Å². The molecule has 0 radical (unpaired) electrons. The van der Waals surface area contributed by atoms with E-state index in [1.807, 2.05) is 6.92 Å². The molecule has 0 aliphatic rings. The lowest BCUT2D eigenvalue weighted by Crippen LogP contribution is -2.26. The number of aromatic nitrogens is 4. The Kier molecular flexibility index (Phi) is 6.37. The van der Waals surface area contributed by atoms with Gasteiger partial charge in [0.25, 0.3) is 11.8 Å². The Morgan fingerprint density at radius 1 is 1.16 bits per heavy atom. The maximum absolute atomic E-state index is 12.7. The molecule has 0 saturated carbocycles. The number of benzene rings is 1. The van der Waals surface area contributed by atoms with Gasteiger partial charge in [-0.3, -0.25) is 29.1 Å². The number of nitrogens with zero attached hydrogens (tertiary/aromatic N) is 6. The zero-order chi connectivity index (χ0) is 23.6. The van der Waals surface area contributed by atoms with E-state index in [1.54, 1.807) is 56.9 Å². The molecule has 1 N–H and O–H groups in total. The van der Waals surface area contributed by atoms with Crippen LogP contribution in [0.2, 0.25) is 0 Å². The van der Waals surface area contributed by atoms with Gasteiger partial charge in [-0.2, -0.15) is 10.2 Å². The minimum Gasteiger partial charge on any atom is -0.343 e. The third kappa shape index (κ3) is 4.36. The number of hydrogen-bond donors (Lipinski definition) is 1. The van der Waals surface area contributed by atoms with Crippen LogP contribution in [0, 0.1) is 24.0 Å². The summed E-state index contributed by atoms with van der Waals surface area (Å²) >= 11 is 0. The molecule has 0 fully saturated rings. The number of carbonyl (C=O) groups excluding carboxylic acids is 2. The molecule has 2 heterocycles. The zero-order valence-electron chi connectivity index (χ0n) is 18.6. The van der Waals surface area contributed by atoms with E-state index in [1.165, 1.54) is 15.8 Å². The highest BCUT2D eigenvalue weighted by Gasteiger charge is 2.23. The summed E-state index contributed by atoms with van der Waals surface area (Å²) in [5.74, 6) is -0.629. The van der Waals surface area contributed by atoms with Gasteiger partial charge in [0.2, 0.25) is 0 Å². The van der Waals surface area contributed by atoms with Crippen molar-refractivity contribution in [3.63, 3.8) is 0 Å². The van der Waals surface area contributed by atoms with Crippen molar-refractivity contribution in [3.8, 4) is 0 Å². The third-order valence-electron chi connectivity index (χ3n) is 5.07. The first-order chi connectivity index (χ1) is 15.1. The van der Waals surface area contributed by atoms with E-state index >= 15 is 0 Å². The maximum atomic E-state index is 12.7. The molecule has 32 heavy (non-hydrogen) atoms. The van der Waals surface area contributed by atoms with Crippen LogP contribution in [0.3, 0.4) is 0 Å². The summed E-state index contributed by atoms with van der Waals surface area (Å²) in [6.07, 6.45) is 1.46. The van der Waals surface area contributed by atoms with Gasteiger partial charge in [-0.05, 0) is 38.5 Å². The van der Waals surface area contributed by atoms with Gasteiger partial charge in [0.1, 0.15) is 17.1 Å². The van der Waals surface area contributed by atoms with Crippen LogP contribution in [0.25, 0.3) is 0 Å². The lowest BCUT2D eigenvalue weighted by Gasteiger charge is -2.13. The average Bonchev–Trinajstić information content (AvgIpc) is 3.27. The molecule has 0 aliphatic heterocycles. The van der Waals surface area contributed by atoms with Crippen LogP contribution in [-0.4, -0.2) is 55.3 Å². The molecule has 168 valence electrons. The third-order valence-corrected chi connectivity index (χ3v) is 5.07. The van der Waals surface area contributed by atoms with Gasteiger partial charge in [0.05, 0.1) is 23.4 Å². The van der Waals surface area contributed by atoms with Crippen LogP contribution in [0.5, 0.6) is 0 Å². The van der Waals surface area contributed by atoms with E-state index in [0.717, 1.165) is 5.56 Å². The minimum atomic E-state index is -0.433. The number of hydrogen-bond acceptors (Lipinski definition) is 6. The van der Waals surface area contributed by atoms with Crippen molar-refractivity contribution in [1.29, 1.82) is 0 Å². The topological polar surface area (TPSA) is 128 Å². The minimum absolute atomic E-state index is 0.0108. The molecule has 0 atom stereocenters. The second-order valence-corrected chi connectivity index (χ2v) is 7.51. The van der Waals surface area contributed by atoms with Crippen molar-refractivity contribution in [3.05, 3.63) is 68.8 Å². The number of nitro groups is 1. The van der Waals surface area contributed by atoms with Gasteiger partial charge in [-0.1, -0.05) is 12.1 Å². The quantitative estimate of drug-likeness (QED) is 0.445. The van der Waals surface area contributed by atoms with Crippen molar-refractivity contribution in [2.75, 3.05) is 19.4 Å². The van der Waals surface area contributed by atoms with E-state index < -0.39 is 4.92 Å². The zero-order valence-corrected chi connectivity index (χ0v) is 18.6. The SMILES string of the molecule is CCn1ncc(NC(=O)c2ccc(Cn3nc(C)c([N+](=O)[O-])c3C)cc2)c1C(=O)N(C)C. The van der Waals surface area contributed by atoms with Crippen molar-refractivity contribution in [1.82, 2.24) is 24.5 Å². The number of amides is 2. The number of nitrogens with one attached hydrogen (secondary N) is 1. The van der Waals surface area contributed by atoms with E-state index in [0.29, 0.717) is 41.4 Å². The van der Waals surface area contributed by atoms with Gasteiger partial charge >= 0.3 is 5.69 Å². The van der Waals surface area contributed by atoms with Crippen molar-refractivity contribution in [2.24, 2.45) is 0 Å². The first-order valence-electron chi connectivity index (χ1n) is 10.00. The largest absolute Gasteiger partial charge is 0.343 e. The summed E-state index contributed by atoms with van der Waals surface area (Å²) < 4.78 is 3.11. The predicted molar refractivity (Wildman–Crippen MR) is 118 cm³/mol. The monoisotopic (exact) mass is 439 g/mol. The molecule has 2 aromatic heterocycles. The lowest BCUT2D eigenvalue weighted by molar-refractivity contribution is -0.386. The number of anilines is 1. The van der Waals surface area contributed by atoms with Crippen LogP contribution in [-0.2, 0) is 13.1 Å². The Morgan fingerprint density at radius 2 is 1.81 bits per heavy atom. The van der Waals surface area contributed by atoms with E-state index in [2.05, 4.69) is 15.5 Å². The van der Waals surface area contributed by atoms with Gasteiger partial charge < -0.3 is 10.2 Å². The van der Waals surface area contributed by atoms with Gasteiger partial charge in [0, 0.05) is 26.2 Å². The Morgan fingerprint density at radius 3 is 2.34 bits per heavy atom. The lowest BCUT2D eigenvalue weighted by atomic mass is 10.1. The molecule has 0 bridgehead atoms. The number of aryl methyl sites for hydroxylation is 2. The highest BCUT2D eigenvalue weighted by molar-refractivity contribution is 6.08. The van der Waals surface area contributed by atoms with Crippen molar-refractivity contribution >= 4 is 23.2 Å². The fourth-order valence-electron chi connectivity index (χ4n) is 3.39. The molecule has 0 saturated heterocycles. The molecule has 2 amide bonds. The standard InChI is InChI=1S/C21H25N7O4/c1-6-26-19(21(30)25(4)5)17(11-22-26)23-20(29)16-9-7-15(8-10-16)12-27-14(3)18(28(31)32)13(2)24-27/h7-11H,6,12H2,1-5H3,(H,23,29). The molecule has 1 aromatic carbocycles. The molecule has 3 aromatic rings. The highest BCUT2D eigenvalue weighted by atomic mass is 16.6. The first-order valence-corrected chi connectivity index (χ1v) is 10.00. The summed E-state index contributed by atoms with van der Waals surface area (Å²) in [6.45, 7) is 5.95. The summed E-state index contributed by atoms with van der Waals surface area (Å²) in [6, 6.07) is 6.84. The van der Waals surface area contributed by atoms with Crippen LogP contribution in [0.1, 0.15) is 44.7 Å². The highest BCUT2D eigenvalue weighted by Crippen LogP contribution is 2.23. The molecular weight excluding hydrogens is 414 g/mol. The predicted octanol–water partition coefficient (Wildman–Crippen LogP) is 2.63. The molecule has 11 heteroatoms. The van der Waals surface area contributed by atoms with Gasteiger partial charge in [-0.25, -0.2) is 0 Å². The Labute approximate surface area is 184 Å². The fourth-order valence-corrected chi connectivity index (χ4v) is 3.39. The summed E-state index contributed by atoms with van der Waals surface area (Å²) in [7, 11) is 3.27. The maximum Gasteiger partial charge on any atom is 0.312 e. The average molecular weight is 439 g/mol. The van der Waals surface area contributed by atoms with E-state index in [9.17, 15) is 19.7 Å². The summed E-state index contributed by atoms with van der Waals surface area (Å²) in [5, 5.41) is 22.4. The Bertz CT molecular complexity index is 1180. The molecule has 0 unspecified atom stereocenters. The summed E-state index contributed by atoms with van der Waals surface area (Å²) in [5.41, 5.74) is 2.74. The Balaban J connectivity index is 1.77. The molecule has 0 spiro atoms. The van der Waals surface area contributed by atoms with Gasteiger partial charge in [-0.15, -0.1) is 0 Å². The van der Waals surface area contributed by atoms with Crippen LogP contribution < -0.4 is 5.32 Å². The second-order valence-electron chi connectivity index (χ2n) is 7.51. The van der Waals surface area contributed by atoms with Crippen LogP contribution in [0.4, 0.5) is 11.4 Å². The van der Waals surface area contributed by atoms with Crippen molar-refractivity contribution in [2.45, 2.75) is 33.9 Å². The van der Waals surface area contributed by atoms with Crippen LogP contribution in [0.15, 0.2) is 30.5 Å². The first kappa shape index (κ1) is 22.7.